The molecule has 1 heterocycles. The molecule has 0 N–H and O–H groups in total. The van der Waals surface area contributed by atoms with Gasteiger partial charge in [-0.15, -0.1) is 0 Å². The van der Waals surface area contributed by atoms with Crippen LogP contribution in [0.3, 0.4) is 0 Å². The lowest BCUT2D eigenvalue weighted by Crippen LogP contribution is -1.94. The lowest BCUT2D eigenvalue weighted by Gasteiger charge is -2.07. The Morgan fingerprint density at radius 2 is 1.77 bits per heavy atom. The van der Waals surface area contributed by atoms with E-state index in [0.717, 1.165) is 37.8 Å². The Morgan fingerprint density at radius 1 is 1.05 bits per heavy atom. The summed E-state index contributed by atoms with van der Waals surface area (Å²) in [6.45, 7) is 0. The molecule has 0 aliphatic heterocycles. The molecular weight excluding hydrogens is 335 g/mol. The molecule has 1 aromatic heterocycles. The molecule has 3 rings (SSSR count). The fraction of sp³-hybridized carbons (Fsp3) is 0.118. The fourth-order valence-electron chi connectivity index (χ4n) is 2.17. The van der Waals surface area contributed by atoms with E-state index in [9.17, 15) is 0 Å². The van der Waals surface area contributed by atoms with E-state index in [1.807, 2.05) is 61.8 Å². The van der Waals surface area contributed by atoms with E-state index in [1.165, 1.54) is 0 Å². The molecular formula is C17H14Cl2N2S. The summed E-state index contributed by atoms with van der Waals surface area (Å²) in [7, 11) is 2.02. The van der Waals surface area contributed by atoms with Gasteiger partial charge in [-0.3, -0.25) is 0 Å². The van der Waals surface area contributed by atoms with Crippen LogP contribution in [0.1, 0.15) is 5.56 Å². The molecule has 0 unspecified atom stereocenters. The van der Waals surface area contributed by atoms with Crippen molar-refractivity contribution in [3.63, 3.8) is 0 Å². The molecule has 2 aromatic carbocycles. The van der Waals surface area contributed by atoms with E-state index >= 15 is 0 Å². The summed E-state index contributed by atoms with van der Waals surface area (Å²) in [5, 5.41) is 2.49. The molecule has 0 amide bonds. The Bertz CT molecular complexity index is 782. The van der Waals surface area contributed by atoms with Gasteiger partial charge in [0.2, 0.25) is 0 Å². The molecule has 112 valence electrons. The molecule has 0 radical (unpaired) electrons. The Hall–Kier alpha value is -1.42. The molecule has 0 fully saturated rings. The van der Waals surface area contributed by atoms with Crippen molar-refractivity contribution >= 4 is 35.0 Å². The summed E-state index contributed by atoms with van der Waals surface area (Å²) >= 11 is 13.8. The summed E-state index contributed by atoms with van der Waals surface area (Å²) in [5.41, 5.74) is 3.28. The first-order chi connectivity index (χ1) is 10.6. The van der Waals surface area contributed by atoms with Crippen LogP contribution in [0.2, 0.25) is 10.0 Å². The minimum Gasteiger partial charge on any atom is -0.322 e. The predicted molar refractivity (Wildman–Crippen MR) is 94.7 cm³/mol. The van der Waals surface area contributed by atoms with Crippen LogP contribution in [-0.4, -0.2) is 9.55 Å². The highest BCUT2D eigenvalue weighted by Crippen LogP contribution is 2.29. The van der Waals surface area contributed by atoms with E-state index < -0.39 is 0 Å². The van der Waals surface area contributed by atoms with Gasteiger partial charge < -0.3 is 4.57 Å². The number of halogens is 2. The van der Waals surface area contributed by atoms with Crippen LogP contribution < -0.4 is 0 Å². The number of nitrogens with zero attached hydrogens (tertiary/aromatic N) is 2. The minimum atomic E-state index is 0.735. The lowest BCUT2D eigenvalue weighted by atomic mass is 10.2. The third kappa shape index (κ3) is 3.32. The summed E-state index contributed by atoms with van der Waals surface area (Å²) < 4.78 is 2.09. The normalized spacial score (nSPS) is 10.9. The van der Waals surface area contributed by atoms with E-state index in [2.05, 4.69) is 9.55 Å². The van der Waals surface area contributed by atoms with Gasteiger partial charge in [0.1, 0.15) is 0 Å². The highest BCUT2D eigenvalue weighted by atomic mass is 35.5. The summed E-state index contributed by atoms with van der Waals surface area (Å²) in [6.07, 6.45) is 1.89. The second-order valence-electron chi connectivity index (χ2n) is 4.87. The van der Waals surface area contributed by atoms with Crippen molar-refractivity contribution in [2.75, 3.05) is 0 Å². The van der Waals surface area contributed by atoms with Gasteiger partial charge in [-0.05, 0) is 29.3 Å². The Kier molecular flexibility index (Phi) is 4.77. The second-order valence-corrected chi connectivity index (χ2v) is 6.66. The predicted octanol–water partition coefficient (Wildman–Crippen LogP) is 5.69. The molecule has 2 nitrogen and oxygen atoms in total. The maximum absolute atomic E-state index is 6.19. The number of aromatic nitrogens is 2. The lowest BCUT2D eigenvalue weighted by molar-refractivity contribution is 0.796. The van der Waals surface area contributed by atoms with Gasteiger partial charge >= 0.3 is 0 Å². The maximum Gasteiger partial charge on any atom is 0.168 e. The zero-order valence-corrected chi connectivity index (χ0v) is 14.3. The molecule has 0 bridgehead atoms. The number of imidazole rings is 1. The van der Waals surface area contributed by atoms with E-state index in [-0.39, 0.29) is 0 Å². The molecule has 22 heavy (non-hydrogen) atoms. The first-order valence-corrected chi connectivity index (χ1v) is 8.53. The van der Waals surface area contributed by atoms with Gasteiger partial charge in [0.15, 0.2) is 5.16 Å². The molecule has 0 spiro atoms. The molecule has 5 heteroatoms. The van der Waals surface area contributed by atoms with Crippen molar-refractivity contribution in [1.82, 2.24) is 9.55 Å². The van der Waals surface area contributed by atoms with E-state index in [1.54, 1.807) is 11.8 Å². The topological polar surface area (TPSA) is 17.8 Å². The molecule has 0 aliphatic carbocycles. The third-order valence-corrected chi connectivity index (χ3v) is 5.11. The van der Waals surface area contributed by atoms with Crippen LogP contribution in [0, 0.1) is 0 Å². The molecule has 0 aliphatic rings. The number of thioether (sulfide) groups is 1. The number of rotatable bonds is 4. The van der Waals surface area contributed by atoms with Crippen LogP contribution in [0.4, 0.5) is 0 Å². The van der Waals surface area contributed by atoms with Gasteiger partial charge in [-0.2, -0.15) is 0 Å². The monoisotopic (exact) mass is 348 g/mol. The van der Waals surface area contributed by atoms with Crippen molar-refractivity contribution in [3.8, 4) is 11.3 Å². The first kappa shape index (κ1) is 15.5. The van der Waals surface area contributed by atoms with Crippen molar-refractivity contribution in [1.29, 1.82) is 0 Å². The molecule has 0 atom stereocenters. The summed E-state index contributed by atoms with van der Waals surface area (Å²) in [6, 6.07) is 15.7. The molecule has 0 saturated carbocycles. The van der Waals surface area contributed by atoms with Crippen LogP contribution >= 0.6 is 35.0 Å². The number of hydrogen-bond donors (Lipinski definition) is 0. The van der Waals surface area contributed by atoms with Crippen LogP contribution in [0.5, 0.6) is 0 Å². The standard InChI is InChI=1S/C17H14Cl2N2S/c1-21-16(12-6-8-14(18)9-7-12)10-20-17(21)22-11-13-4-2-3-5-15(13)19/h2-10H,11H2,1H3. The third-order valence-electron chi connectivity index (χ3n) is 3.40. The van der Waals surface area contributed by atoms with Gasteiger partial charge in [0, 0.05) is 22.8 Å². The molecule has 3 aromatic rings. The Balaban J connectivity index is 1.79. The quantitative estimate of drug-likeness (QED) is 0.564. The Labute approximate surface area is 144 Å². The molecule has 0 saturated heterocycles. The highest BCUT2D eigenvalue weighted by Gasteiger charge is 2.10. The smallest absolute Gasteiger partial charge is 0.168 e. The highest BCUT2D eigenvalue weighted by molar-refractivity contribution is 7.98. The van der Waals surface area contributed by atoms with E-state index in [4.69, 9.17) is 23.2 Å². The zero-order chi connectivity index (χ0) is 15.5. The minimum absolute atomic E-state index is 0.735. The van der Waals surface area contributed by atoms with Crippen molar-refractivity contribution in [3.05, 3.63) is 70.3 Å². The van der Waals surface area contributed by atoms with Crippen molar-refractivity contribution in [2.24, 2.45) is 7.05 Å². The largest absolute Gasteiger partial charge is 0.322 e. The summed E-state index contributed by atoms with van der Waals surface area (Å²) in [5.74, 6) is 0.796. The fourth-order valence-corrected chi connectivity index (χ4v) is 3.54. The average Bonchev–Trinajstić information content (AvgIpc) is 2.88. The number of benzene rings is 2. The maximum atomic E-state index is 6.19. The number of hydrogen-bond acceptors (Lipinski definition) is 2. The Morgan fingerprint density at radius 3 is 2.50 bits per heavy atom. The average molecular weight is 349 g/mol. The SMILES string of the molecule is Cn1c(-c2ccc(Cl)cc2)cnc1SCc1ccccc1Cl. The van der Waals surface area contributed by atoms with Crippen LogP contribution in [0.15, 0.2) is 59.9 Å². The summed E-state index contributed by atoms with van der Waals surface area (Å²) in [4.78, 5) is 4.51. The van der Waals surface area contributed by atoms with E-state index in [0.29, 0.717) is 0 Å². The van der Waals surface area contributed by atoms with Crippen LogP contribution in [0.25, 0.3) is 11.3 Å². The van der Waals surface area contributed by atoms with Crippen molar-refractivity contribution < 1.29 is 0 Å². The van der Waals surface area contributed by atoms with Crippen LogP contribution in [-0.2, 0) is 12.8 Å². The van der Waals surface area contributed by atoms with Gasteiger partial charge in [0.05, 0.1) is 11.9 Å². The van der Waals surface area contributed by atoms with Crippen molar-refractivity contribution in [2.45, 2.75) is 10.9 Å². The second kappa shape index (κ2) is 6.78. The first-order valence-electron chi connectivity index (χ1n) is 6.79. The zero-order valence-electron chi connectivity index (χ0n) is 12.0. The van der Waals surface area contributed by atoms with Gasteiger partial charge in [-0.1, -0.05) is 65.3 Å². The van der Waals surface area contributed by atoms with Gasteiger partial charge in [-0.25, -0.2) is 4.98 Å². The van der Waals surface area contributed by atoms with Gasteiger partial charge in [0.25, 0.3) is 0 Å².